The van der Waals surface area contributed by atoms with Gasteiger partial charge in [0.2, 0.25) is 0 Å². The predicted molar refractivity (Wildman–Crippen MR) is 95.3 cm³/mol. The Hall–Kier alpha value is -1.71. The standard InChI is InChI=1S/C18H17NS2/c1-20-17-9-5-8-16(11-17)19-12-18-10-15(13-21-18)14-6-3-2-4-7-14/h2-11,13,19H,12H2,1H3. The van der Waals surface area contributed by atoms with E-state index in [0.717, 1.165) is 6.54 Å². The molecule has 1 N–H and O–H groups in total. The van der Waals surface area contributed by atoms with Crippen LogP contribution in [0.2, 0.25) is 0 Å². The number of nitrogens with one attached hydrogen (secondary N) is 1. The molecular weight excluding hydrogens is 294 g/mol. The first-order valence-corrected chi connectivity index (χ1v) is 8.96. The van der Waals surface area contributed by atoms with E-state index in [2.05, 4.69) is 77.6 Å². The topological polar surface area (TPSA) is 12.0 Å². The Bertz CT molecular complexity index is 704. The molecule has 1 aromatic heterocycles. The quantitative estimate of drug-likeness (QED) is 0.602. The summed E-state index contributed by atoms with van der Waals surface area (Å²) in [7, 11) is 0. The number of thioether (sulfide) groups is 1. The van der Waals surface area contributed by atoms with Gasteiger partial charge in [0.1, 0.15) is 0 Å². The highest BCUT2D eigenvalue weighted by molar-refractivity contribution is 7.98. The Morgan fingerprint density at radius 1 is 0.952 bits per heavy atom. The molecule has 0 aliphatic carbocycles. The average molecular weight is 311 g/mol. The summed E-state index contributed by atoms with van der Waals surface area (Å²) >= 11 is 3.57. The van der Waals surface area contributed by atoms with Crippen LogP contribution in [0.15, 0.2) is 70.9 Å². The van der Waals surface area contributed by atoms with Crippen LogP contribution in [0.3, 0.4) is 0 Å². The van der Waals surface area contributed by atoms with Crippen LogP contribution in [0.5, 0.6) is 0 Å². The summed E-state index contributed by atoms with van der Waals surface area (Å²) in [5.41, 5.74) is 3.76. The Morgan fingerprint density at radius 2 is 1.81 bits per heavy atom. The van der Waals surface area contributed by atoms with Crippen molar-refractivity contribution >= 4 is 28.8 Å². The van der Waals surface area contributed by atoms with E-state index in [-0.39, 0.29) is 0 Å². The van der Waals surface area contributed by atoms with Crippen molar-refractivity contribution in [2.24, 2.45) is 0 Å². The van der Waals surface area contributed by atoms with E-state index in [9.17, 15) is 0 Å². The van der Waals surface area contributed by atoms with Crippen molar-refractivity contribution in [1.82, 2.24) is 0 Å². The Morgan fingerprint density at radius 3 is 2.62 bits per heavy atom. The molecule has 0 bridgehead atoms. The molecule has 1 heterocycles. The van der Waals surface area contributed by atoms with Crippen LogP contribution in [-0.4, -0.2) is 6.26 Å². The minimum absolute atomic E-state index is 0.870. The fourth-order valence-corrected chi connectivity index (χ4v) is 3.47. The highest BCUT2D eigenvalue weighted by atomic mass is 32.2. The van der Waals surface area contributed by atoms with Crippen molar-refractivity contribution < 1.29 is 0 Å². The highest BCUT2D eigenvalue weighted by Crippen LogP contribution is 2.26. The summed E-state index contributed by atoms with van der Waals surface area (Å²) in [6, 6.07) is 21.3. The van der Waals surface area contributed by atoms with Crippen LogP contribution in [0, 0.1) is 0 Å². The number of anilines is 1. The van der Waals surface area contributed by atoms with Crippen LogP contribution >= 0.6 is 23.1 Å². The lowest BCUT2D eigenvalue weighted by Gasteiger charge is -2.06. The van der Waals surface area contributed by atoms with Crippen molar-refractivity contribution in [2.45, 2.75) is 11.4 Å². The van der Waals surface area contributed by atoms with Gasteiger partial charge in [-0.15, -0.1) is 23.1 Å². The molecule has 0 spiro atoms. The van der Waals surface area contributed by atoms with Gasteiger partial charge in [-0.2, -0.15) is 0 Å². The number of rotatable bonds is 5. The molecule has 0 unspecified atom stereocenters. The molecule has 3 heteroatoms. The molecule has 0 atom stereocenters. The first kappa shape index (κ1) is 14.2. The van der Waals surface area contributed by atoms with Crippen molar-refractivity contribution in [3.63, 3.8) is 0 Å². The molecule has 1 nitrogen and oxygen atoms in total. The van der Waals surface area contributed by atoms with Gasteiger partial charge in [-0.05, 0) is 47.0 Å². The van der Waals surface area contributed by atoms with Gasteiger partial charge < -0.3 is 5.32 Å². The monoisotopic (exact) mass is 311 g/mol. The van der Waals surface area contributed by atoms with Crippen LogP contribution in [0.4, 0.5) is 5.69 Å². The molecule has 0 saturated heterocycles. The zero-order valence-electron chi connectivity index (χ0n) is 11.9. The van der Waals surface area contributed by atoms with E-state index >= 15 is 0 Å². The van der Waals surface area contributed by atoms with Gasteiger partial charge in [0, 0.05) is 22.0 Å². The zero-order chi connectivity index (χ0) is 14.5. The number of benzene rings is 2. The molecule has 106 valence electrons. The number of hydrogen-bond acceptors (Lipinski definition) is 3. The van der Waals surface area contributed by atoms with Crippen LogP contribution in [0.25, 0.3) is 11.1 Å². The molecule has 3 rings (SSSR count). The van der Waals surface area contributed by atoms with Gasteiger partial charge in [0.15, 0.2) is 0 Å². The molecular formula is C18H17NS2. The van der Waals surface area contributed by atoms with E-state index in [4.69, 9.17) is 0 Å². The SMILES string of the molecule is CSc1cccc(NCc2cc(-c3ccccc3)cs2)c1. The van der Waals surface area contributed by atoms with Crippen LogP contribution < -0.4 is 5.32 Å². The molecule has 3 aromatic rings. The number of hydrogen-bond donors (Lipinski definition) is 1. The Balaban J connectivity index is 1.67. The van der Waals surface area contributed by atoms with Crippen LogP contribution in [-0.2, 0) is 6.54 Å². The van der Waals surface area contributed by atoms with Gasteiger partial charge in [-0.3, -0.25) is 0 Å². The van der Waals surface area contributed by atoms with Gasteiger partial charge in [0.25, 0.3) is 0 Å². The third kappa shape index (κ3) is 3.69. The van der Waals surface area contributed by atoms with Crippen molar-refractivity contribution in [2.75, 3.05) is 11.6 Å². The molecule has 0 fully saturated rings. The maximum atomic E-state index is 3.50. The largest absolute Gasteiger partial charge is 0.380 e. The van der Waals surface area contributed by atoms with Crippen molar-refractivity contribution in [1.29, 1.82) is 0 Å². The predicted octanol–water partition coefficient (Wildman–Crippen LogP) is 5.75. The average Bonchev–Trinajstić information content (AvgIpc) is 3.03. The summed E-state index contributed by atoms with van der Waals surface area (Å²) in [6.07, 6.45) is 2.10. The second-order valence-electron chi connectivity index (χ2n) is 4.75. The minimum atomic E-state index is 0.870. The fourth-order valence-electron chi connectivity index (χ4n) is 2.18. The second-order valence-corrected chi connectivity index (χ2v) is 6.63. The first-order valence-electron chi connectivity index (χ1n) is 6.86. The maximum absolute atomic E-state index is 3.50. The third-order valence-corrected chi connectivity index (χ3v) is 4.96. The zero-order valence-corrected chi connectivity index (χ0v) is 13.5. The van der Waals surface area contributed by atoms with Gasteiger partial charge in [-0.25, -0.2) is 0 Å². The number of thiophene rings is 1. The fraction of sp³-hybridized carbons (Fsp3) is 0.111. The van der Waals surface area contributed by atoms with Crippen LogP contribution in [0.1, 0.15) is 4.88 Å². The molecule has 2 aromatic carbocycles. The van der Waals surface area contributed by atoms with Gasteiger partial charge in [0.05, 0.1) is 0 Å². The summed E-state index contributed by atoms with van der Waals surface area (Å²) in [4.78, 5) is 2.64. The Labute approximate surface area is 134 Å². The van der Waals surface area contributed by atoms with E-state index in [1.54, 1.807) is 23.1 Å². The molecule has 0 amide bonds. The molecule has 21 heavy (non-hydrogen) atoms. The van der Waals surface area contributed by atoms with Gasteiger partial charge >= 0.3 is 0 Å². The van der Waals surface area contributed by atoms with Gasteiger partial charge in [-0.1, -0.05) is 36.4 Å². The molecule has 0 aliphatic rings. The third-order valence-electron chi connectivity index (χ3n) is 3.30. The second kappa shape index (κ2) is 6.83. The smallest absolute Gasteiger partial charge is 0.0494 e. The molecule has 0 saturated carbocycles. The van der Waals surface area contributed by atoms with Crippen molar-refractivity contribution in [3.8, 4) is 11.1 Å². The van der Waals surface area contributed by atoms with E-state index in [1.165, 1.54) is 26.6 Å². The first-order chi connectivity index (χ1) is 10.3. The van der Waals surface area contributed by atoms with E-state index in [1.807, 2.05) is 0 Å². The molecule has 0 radical (unpaired) electrons. The van der Waals surface area contributed by atoms with Crippen molar-refractivity contribution in [3.05, 3.63) is 70.9 Å². The lowest BCUT2D eigenvalue weighted by Crippen LogP contribution is -1.97. The minimum Gasteiger partial charge on any atom is -0.380 e. The summed E-state index contributed by atoms with van der Waals surface area (Å²) in [6.45, 7) is 0.870. The lowest BCUT2D eigenvalue weighted by molar-refractivity contribution is 1.19. The van der Waals surface area contributed by atoms with E-state index < -0.39 is 0 Å². The normalized spacial score (nSPS) is 10.5. The summed E-state index contributed by atoms with van der Waals surface area (Å²) in [5, 5.41) is 5.72. The molecule has 0 aliphatic heterocycles. The highest BCUT2D eigenvalue weighted by Gasteiger charge is 2.02. The van der Waals surface area contributed by atoms with E-state index in [0.29, 0.717) is 0 Å². The summed E-state index contributed by atoms with van der Waals surface area (Å²) < 4.78 is 0. The maximum Gasteiger partial charge on any atom is 0.0494 e. The summed E-state index contributed by atoms with van der Waals surface area (Å²) in [5.74, 6) is 0. The Kier molecular flexibility index (Phi) is 4.63. The lowest BCUT2D eigenvalue weighted by atomic mass is 10.1.